The van der Waals surface area contributed by atoms with Crippen molar-refractivity contribution in [3.63, 3.8) is 0 Å². The molecule has 82 valence electrons. The quantitative estimate of drug-likeness (QED) is 0.821. The molecule has 0 spiro atoms. The summed E-state index contributed by atoms with van der Waals surface area (Å²) in [6.07, 6.45) is 6.91. The minimum absolute atomic E-state index is 0.239. The molecule has 0 atom stereocenters. The van der Waals surface area contributed by atoms with E-state index < -0.39 is 5.97 Å². The van der Waals surface area contributed by atoms with Gasteiger partial charge in [-0.15, -0.1) is 0 Å². The summed E-state index contributed by atoms with van der Waals surface area (Å²) in [7, 11) is 0. The van der Waals surface area contributed by atoms with Gasteiger partial charge in [-0.05, 0) is 17.5 Å². The maximum atomic E-state index is 10.5. The van der Waals surface area contributed by atoms with Gasteiger partial charge >= 0.3 is 5.97 Å². The van der Waals surface area contributed by atoms with Gasteiger partial charge in [-0.1, -0.05) is 25.7 Å². The van der Waals surface area contributed by atoms with Crippen LogP contribution < -0.4 is 0 Å². The van der Waals surface area contributed by atoms with E-state index in [0.717, 1.165) is 12.3 Å². The van der Waals surface area contributed by atoms with Crippen molar-refractivity contribution in [1.82, 2.24) is 10.1 Å². The Labute approximate surface area is 87.5 Å². The summed E-state index contributed by atoms with van der Waals surface area (Å²) >= 11 is 0. The van der Waals surface area contributed by atoms with Crippen LogP contribution in [0.3, 0.4) is 0 Å². The first-order valence-electron chi connectivity index (χ1n) is 5.31. The van der Waals surface area contributed by atoms with E-state index in [2.05, 4.69) is 10.1 Å². The molecule has 0 bridgehead atoms. The van der Waals surface area contributed by atoms with Gasteiger partial charge in [0.15, 0.2) is 0 Å². The number of nitrogens with zero attached hydrogens (tertiary/aromatic N) is 2. The lowest BCUT2D eigenvalue weighted by Gasteiger charge is -2.04. The molecule has 1 aromatic rings. The van der Waals surface area contributed by atoms with Gasteiger partial charge in [-0.3, -0.25) is 0 Å². The second-order valence-electron chi connectivity index (χ2n) is 4.01. The highest BCUT2D eigenvalue weighted by atomic mass is 16.5. The molecule has 0 aliphatic heterocycles. The van der Waals surface area contributed by atoms with E-state index in [1.54, 1.807) is 0 Å². The minimum Gasteiger partial charge on any atom is -0.475 e. The van der Waals surface area contributed by atoms with Gasteiger partial charge in [0.2, 0.25) is 5.89 Å². The van der Waals surface area contributed by atoms with Crippen LogP contribution in [-0.2, 0) is 6.42 Å². The highest BCUT2D eigenvalue weighted by molar-refractivity contribution is 5.82. The number of aryl methyl sites for hydroxylation is 1. The molecule has 1 heterocycles. The minimum atomic E-state index is -1.13. The van der Waals surface area contributed by atoms with E-state index in [1.807, 2.05) is 0 Å². The predicted octanol–water partition coefficient (Wildman–Crippen LogP) is 1.89. The lowest BCUT2D eigenvalue weighted by atomic mass is 10.0. The average molecular weight is 210 g/mol. The van der Waals surface area contributed by atoms with Crippen molar-refractivity contribution in [2.45, 2.75) is 38.5 Å². The van der Waals surface area contributed by atoms with Gasteiger partial charge in [-0.2, -0.15) is 4.98 Å². The van der Waals surface area contributed by atoms with Crippen LogP contribution in [0.5, 0.6) is 0 Å². The van der Waals surface area contributed by atoms with E-state index >= 15 is 0 Å². The van der Waals surface area contributed by atoms with Crippen LogP contribution in [-0.4, -0.2) is 21.2 Å². The third kappa shape index (κ3) is 2.55. The number of aromatic carboxylic acids is 1. The monoisotopic (exact) mass is 210 g/mol. The molecule has 0 radical (unpaired) electrons. The second kappa shape index (κ2) is 4.42. The van der Waals surface area contributed by atoms with Crippen LogP contribution in [0, 0.1) is 5.92 Å². The molecule has 15 heavy (non-hydrogen) atoms. The van der Waals surface area contributed by atoms with Crippen LogP contribution in [0.2, 0.25) is 0 Å². The molecular formula is C10H14N2O3. The maximum Gasteiger partial charge on any atom is 0.377 e. The summed E-state index contributed by atoms with van der Waals surface area (Å²) in [6.45, 7) is 0. The SMILES string of the molecule is O=C(O)c1noc(CCC2CCCC2)n1. The Bertz CT molecular complexity index is 342. The average Bonchev–Trinajstić information content (AvgIpc) is 2.86. The highest BCUT2D eigenvalue weighted by Gasteiger charge is 2.17. The fraction of sp³-hybridized carbons (Fsp3) is 0.700. The normalized spacial score (nSPS) is 17.1. The van der Waals surface area contributed by atoms with Gasteiger partial charge in [0.25, 0.3) is 5.82 Å². The Hall–Kier alpha value is -1.39. The fourth-order valence-corrected chi connectivity index (χ4v) is 2.07. The first kappa shape index (κ1) is 10.1. The summed E-state index contributed by atoms with van der Waals surface area (Å²) in [4.78, 5) is 14.3. The first-order valence-corrected chi connectivity index (χ1v) is 5.31. The van der Waals surface area contributed by atoms with E-state index in [9.17, 15) is 4.79 Å². The zero-order chi connectivity index (χ0) is 10.7. The van der Waals surface area contributed by atoms with Crippen molar-refractivity contribution in [3.8, 4) is 0 Å². The molecule has 1 fully saturated rings. The number of carboxylic acid groups (broad SMARTS) is 1. The lowest BCUT2D eigenvalue weighted by molar-refractivity contribution is 0.0680. The fourth-order valence-electron chi connectivity index (χ4n) is 2.07. The largest absolute Gasteiger partial charge is 0.475 e. The van der Waals surface area contributed by atoms with Crippen LogP contribution in [0.15, 0.2) is 4.52 Å². The van der Waals surface area contributed by atoms with Gasteiger partial charge in [0.1, 0.15) is 0 Å². The number of rotatable bonds is 4. The van der Waals surface area contributed by atoms with Gasteiger partial charge in [-0.25, -0.2) is 4.79 Å². The molecular weight excluding hydrogens is 196 g/mol. The predicted molar refractivity (Wildman–Crippen MR) is 51.5 cm³/mol. The van der Waals surface area contributed by atoms with Crippen molar-refractivity contribution in [1.29, 1.82) is 0 Å². The van der Waals surface area contributed by atoms with Crippen LogP contribution in [0.25, 0.3) is 0 Å². The lowest BCUT2D eigenvalue weighted by Crippen LogP contribution is -2.00. The zero-order valence-electron chi connectivity index (χ0n) is 8.48. The maximum absolute atomic E-state index is 10.5. The molecule has 0 saturated heterocycles. The molecule has 1 aliphatic rings. The first-order chi connectivity index (χ1) is 7.25. The van der Waals surface area contributed by atoms with E-state index in [0.29, 0.717) is 12.3 Å². The molecule has 5 nitrogen and oxygen atoms in total. The number of aromatic nitrogens is 2. The molecule has 2 rings (SSSR count). The second-order valence-corrected chi connectivity index (χ2v) is 4.01. The Morgan fingerprint density at radius 2 is 2.20 bits per heavy atom. The number of carboxylic acids is 1. The van der Waals surface area contributed by atoms with Gasteiger partial charge in [0.05, 0.1) is 0 Å². The summed E-state index contributed by atoms with van der Waals surface area (Å²) in [6, 6.07) is 0. The smallest absolute Gasteiger partial charge is 0.377 e. The van der Waals surface area contributed by atoms with Crippen molar-refractivity contribution >= 4 is 5.97 Å². The molecule has 1 saturated carbocycles. The molecule has 0 amide bonds. The number of hydrogen-bond acceptors (Lipinski definition) is 4. The number of hydrogen-bond donors (Lipinski definition) is 1. The topological polar surface area (TPSA) is 76.2 Å². The molecule has 1 aliphatic carbocycles. The Morgan fingerprint density at radius 3 is 2.80 bits per heavy atom. The van der Waals surface area contributed by atoms with Crippen LogP contribution in [0.4, 0.5) is 0 Å². The van der Waals surface area contributed by atoms with Gasteiger partial charge in [0, 0.05) is 6.42 Å². The standard InChI is InChI=1S/C10H14N2O3/c13-10(14)9-11-8(15-12-9)6-5-7-3-1-2-4-7/h7H,1-6H2,(H,13,14). The van der Waals surface area contributed by atoms with Crippen LogP contribution >= 0.6 is 0 Å². The van der Waals surface area contributed by atoms with E-state index in [-0.39, 0.29) is 5.82 Å². The molecule has 1 aromatic heterocycles. The van der Waals surface area contributed by atoms with Crippen molar-refractivity contribution in [2.75, 3.05) is 0 Å². The van der Waals surface area contributed by atoms with E-state index in [1.165, 1.54) is 25.7 Å². The highest BCUT2D eigenvalue weighted by Crippen LogP contribution is 2.28. The molecule has 5 heteroatoms. The molecule has 1 N–H and O–H groups in total. The Morgan fingerprint density at radius 1 is 1.47 bits per heavy atom. The Balaban J connectivity index is 1.84. The van der Waals surface area contributed by atoms with Gasteiger partial charge < -0.3 is 9.63 Å². The van der Waals surface area contributed by atoms with Crippen LogP contribution in [0.1, 0.15) is 48.6 Å². The third-order valence-electron chi connectivity index (χ3n) is 2.90. The summed E-state index contributed by atoms with van der Waals surface area (Å²) < 4.78 is 4.84. The molecule has 0 aromatic carbocycles. The third-order valence-corrected chi connectivity index (χ3v) is 2.90. The summed E-state index contributed by atoms with van der Waals surface area (Å²) in [5.74, 6) is -0.174. The summed E-state index contributed by atoms with van der Waals surface area (Å²) in [5.41, 5.74) is 0. The van der Waals surface area contributed by atoms with Crippen molar-refractivity contribution in [2.24, 2.45) is 5.92 Å². The van der Waals surface area contributed by atoms with Crippen molar-refractivity contribution in [3.05, 3.63) is 11.7 Å². The Kier molecular flexibility index (Phi) is 2.99. The zero-order valence-corrected chi connectivity index (χ0v) is 8.48. The summed E-state index contributed by atoms with van der Waals surface area (Å²) in [5, 5.41) is 12.0. The number of carbonyl (C=O) groups is 1. The van der Waals surface area contributed by atoms with E-state index in [4.69, 9.17) is 9.63 Å². The van der Waals surface area contributed by atoms with Crippen molar-refractivity contribution < 1.29 is 14.4 Å². The molecule has 0 unspecified atom stereocenters.